The first kappa shape index (κ1) is 22.8. The molecule has 34 heavy (non-hydrogen) atoms. The standard InChI is InChI=1S/C27H25Cl2N3O2/c28-20-8-4-6-18(14-20)16-27(23-12-11-21(29)15-24(23)31-25(27)33)19-7-5-13-32(17-19)26(34)30-22-9-2-1-3-10-22/h1-4,6,8-12,14-15,19H,5,7,13,16-17H2,(H,30,34)(H,31,33). The van der Waals surface area contributed by atoms with E-state index in [-0.39, 0.29) is 17.9 Å². The van der Waals surface area contributed by atoms with E-state index in [0.29, 0.717) is 29.6 Å². The Balaban J connectivity index is 1.49. The second-order valence-corrected chi connectivity index (χ2v) is 9.88. The molecule has 3 amide bonds. The lowest BCUT2D eigenvalue weighted by atomic mass is 9.65. The highest BCUT2D eigenvalue weighted by Gasteiger charge is 2.53. The van der Waals surface area contributed by atoms with E-state index in [1.165, 1.54) is 0 Å². The normalized spacial score (nSPS) is 21.6. The number of carbonyl (C=O) groups excluding carboxylic acids is 2. The predicted octanol–water partition coefficient (Wildman–Crippen LogP) is 6.37. The van der Waals surface area contributed by atoms with Crippen LogP contribution < -0.4 is 10.6 Å². The lowest BCUT2D eigenvalue weighted by molar-refractivity contribution is -0.123. The molecule has 0 radical (unpaired) electrons. The van der Waals surface area contributed by atoms with Crippen LogP contribution in [0.5, 0.6) is 0 Å². The first-order valence-electron chi connectivity index (χ1n) is 11.4. The molecule has 5 nitrogen and oxygen atoms in total. The van der Waals surface area contributed by atoms with E-state index in [4.69, 9.17) is 23.2 Å². The van der Waals surface area contributed by atoms with Crippen molar-refractivity contribution in [2.24, 2.45) is 5.92 Å². The highest BCUT2D eigenvalue weighted by Crippen LogP contribution is 2.49. The zero-order valence-electron chi connectivity index (χ0n) is 18.6. The smallest absolute Gasteiger partial charge is 0.321 e. The molecule has 1 fully saturated rings. The van der Waals surface area contributed by atoms with Crippen molar-refractivity contribution in [1.82, 2.24) is 4.90 Å². The summed E-state index contributed by atoms with van der Waals surface area (Å²) in [6, 6.07) is 22.5. The number of nitrogens with zero attached hydrogens (tertiary/aromatic N) is 1. The van der Waals surface area contributed by atoms with Gasteiger partial charge in [0.2, 0.25) is 5.91 Å². The van der Waals surface area contributed by atoms with Crippen LogP contribution in [0.25, 0.3) is 0 Å². The number of benzene rings is 3. The van der Waals surface area contributed by atoms with Gasteiger partial charge in [-0.15, -0.1) is 0 Å². The van der Waals surface area contributed by atoms with Crippen molar-refractivity contribution in [3.63, 3.8) is 0 Å². The van der Waals surface area contributed by atoms with Crippen LogP contribution >= 0.6 is 23.2 Å². The van der Waals surface area contributed by atoms with Crippen LogP contribution in [0.4, 0.5) is 16.2 Å². The molecule has 2 heterocycles. The molecular formula is C27H25Cl2N3O2. The number of hydrogen-bond donors (Lipinski definition) is 2. The van der Waals surface area contributed by atoms with Crippen LogP contribution in [-0.4, -0.2) is 29.9 Å². The maximum atomic E-state index is 13.7. The molecule has 1 saturated heterocycles. The zero-order chi connectivity index (χ0) is 23.7. The van der Waals surface area contributed by atoms with Crippen LogP contribution in [0.2, 0.25) is 10.0 Å². The highest BCUT2D eigenvalue weighted by molar-refractivity contribution is 6.31. The Morgan fingerprint density at radius 2 is 1.82 bits per heavy atom. The molecule has 5 rings (SSSR count). The minimum absolute atomic E-state index is 0.0555. The lowest BCUT2D eigenvalue weighted by Crippen LogP contribution is -2.52. The SMILES string of the molecule is O=C(Nc1ccccc1)N1CCCC(C2(Cc3cccc(Cl)c3)C(=O)Nc3cc(Cl)ccc32)C1. The number of hydrogen-bond acceptors (Lipinski definition) is 2. The van der Waals surface area contributed by atoms with E-state index >= 15 is 0 Å². The topological polar surface area (TPSA) is 61.4 Å². The van der Waals surface area contributed by atoms with Gasteiger partial charge in [-0.2, -0.15) is 0 Å². The van der Waals surface area contributed by atoms with Gasteiger partial charge in [-0.3, -0.25) is 4.79 Å². The number of piperidine rings is 1. The largest absolute Gasteiger partial charge is 0.325 e. The summed E-state index contributed by atoms with van der Waals surface area (Å²) in [7, 11) is 0. The van der Waals surface area contributed by atoms with Gasteiger partial charge in [0.1, 0.15) is 0 Å². The fraction of sp³-hybridized carbons (Fsp3) is 0.259. The van der Waals surface area contributed by atoms with Gasteiger partial charge in [0, 0.05) is 34.5 Å². The minimum Gasteiger partial charge on any atom is -0.325 e. The average Bonchev–Trinajstić information content (AvgIpc) is 3.10. The molecule has 2 unspecified atom stereocenters. The maximum absolute atomic E-state index is 13.7. The van der Waals surface area contributed by atoms with Crippen molar-refractivity contribution in [2.45, 2.75) is 24.7 Å². The predicted molar refractivity (Wildman–Crippen MR) is 137 cm³/mol. The summed E-state index contributed by atoms with van der Waals surface area (Å²) in [6.45, 7) is 1.13. The number of anilines is 2. The summed E-state index contributed by atoms with van der Waals surface area (Å²) in [6.07, 6.45) is 2.15. The molecular weight excluding hydrogens is 469 g/mol. The van der Waals surface area contributed by atoms with E-state index in [2.05, 4.69) is 10.6 Å². The van der Waals surface area contributed by atoms with Crippen LogP contribution in [0, 0.1) is 5.92 Å². The molecule has 7 heteroatoms. The van der Waals surface area contributed by atoms with E-state index in [0.717, 1.165) is 35.3 Å². The molecule has 3 aromatic rings. The summed E-state index contributed by atoms with van der Waals surface area (Å²) >= 11 is 12.5. The van der Waals surface area contributed by atoms with Gasteiger partial charge in [0.15, 0.2) is 0 Å². The molecule has 174 valence electrons. The second kappa shape index (κ2) is 9.32. The second-order valence-electron chi connectivity index (χ2n) is 9.00. The number of carbonyl (C=O) groups is 2. The van der Waals surface area contributed by atoms with Crippen molar-refractivity contribution >= 4 is 46.5 Å². The monoisotopic (exact) mass is 493 g/mol. The van der Waals surface area contributed by atoms with Gasteiger partial charge < -0.3 is 15.5 Å². The van der Waals surface area contributed by atoms with Gasteiger partial charge in [0.25, 0.3) is 0 Å². The number of likely N-dealkylation sites (tertiary alicyclic amines) is 1. The summed E-state index contributed by atoms with van der Waals surface area (Å²) in [4.78, 5) is 28.6. The number of nitrogens with one attached hydrogen (secondary N) is 2. The number of amides is 3. The Morgan fingerprint density at radius 3 is 2.62 bits per heavy atom. The van der Waals surface area contributed by atoms with Crippen molar-refractivity contribution in [2.75, 3.05) is 23.7 Å². The number of halogens is 2. The number of para-hydroxylation sites is 1. The summed E-state index contributed by atoms with van der Waals surface area (Å²) in [5.74, 6) is -0.121. The third kappa shape index (κ3) is 4.26. The lowest BCUT2D eigenvalue weighted by Gasteiger charge is -2.42. The molecule has 3 aromatic carbocycles. The molecule has 2 aliphatic heterocycles. The van der Waals surface area contributed by atoms with Gasteiger partial charge in [0.05, 0.1) is 5.41 Å². The molecule has 0 aromatic heterocycles. The molecule has 0 bridgehead atoms. The molecule has 2 aliphatic rings. The third-order valence-electron chi connectivity index (χ3n) is 6.92. The summed E-state index contributed by atoms with van der Waals surface area (Å²) < 4.78 is 0. The summed E-state index contributed by atoms with van der Waals surface area (Å²) in [5.41, 5.74) is 2.58. The molecule has 2 atom stereocenters. The summed E-state index contributed by atoms with van der Waals surface area (Å²) in [5, 5.41) is 7.26. The Morgan fingerprint density at radius 1 is 1.03 bits per heavy atom. The van der Waals surface area contributed by atoms with E-state index in [9.17, 15) is 9.59 Å². The Labute approximate surface area is 209 Å². The van der Waals surface area contributed by atoms with Gasteiger partial charge in [-0.05, 0) is 72.7 Å². The first-order chi connectivity index (χ1) is 16.5. The van der Waals surface area contributed by atoms with Crippen LogP contribution in [-0.2, 0) is 16.6 Å². The third-order valence-corrected chi connectivity index (χ3v) is 7.39. The van der Waals surface area contributed by atoms with E-state index in [1.54, 1.807) is 6.07 Å². The number of fused-ring (bicyclic) bond motifs is 1. The quantitative estimate of drug-likeness (QED) is 0.443. The van der Waals surface area contributed by atoms with Crippen LogP contribution in [0.3, 0.4) is 0 Å². The fourth-order valence-corrected chi connectivity index (χ4v) is 5.73. The van der Waals surface area contributed by atoms with Gasteiger partial charge in [-0.25, -0.2) is 4.79 Å². The Hall–Kier alpha value is -3.02. The number of rotatable bonds is 4. The Kier molecular flexibility index (Phi) is 6.24. The van der Waals surface area contributed by atoms with Crippen molar-refractivity contribution in [3.8, 4) is 0 Å². The Bertz CT molecular complexity index is 1230. The van der Waals surface area contributed by atoms with E-state index in [1.807, 2.05) is 71.6 Å². The van der Waals surface area contributed by atoms with Crippen molar-refractivity contribution in [1.29, 1.82) is 0 Å². The number of urea groups is 1. The first-order valence-corrected chi connectivity index (χ1v) is 12.2. The van der Waals surface area contributed by atoms with Gasteiger partial charge in [-0.1, -0.05) is 59.6 Å². The minimum atomic E-state index is -0.823. The fourth-order valence-electron chi connectivity index (χ4n) is 5.35. The van der Waals surface area contributed by atoms with Gasteiger partial charge >= 0.3 is 6.03 Å². The molecule has 0 spiro atoms. The van der Waals surface area contributed by atoms with Crippen LogP contribution in [0.1, 0.15) is 24.0 Å². The average molecular weight is 494 g/mol. The van der Waals surface area contributed by atoms with Crippen LogP contribution in [0.15, 0.2) is 72.8 Å². The highest BCUT2D eigenvalue weighted by atomic mass is 35.5. The molecule has 0 aliphatic carbocycles. The zero-order valence-corrected chi connectivity index (χ0v) is 20.1. The van der Waals surface area contributed by atoms with Crippen molar-refractivity contribution in [3.05, 3.63) is 94.0 Å². The molecule has 0 saturated carbocycles. The van der Waals surface area contributed by atoms with Crippen molar-refractivity contribution < 1.29 is 9.59 Å². The molecule has 2 N–H and O–H groups in total. The maximum Gasteiger partial charge on any atom is 0.321 e. The van der Waals surface area contributed by atoms with E-state index < -0.39 is 5.41 Å².